The Morgan fingerprint density at radius 3 is 3.06 bits per heavy atom. The molecule has 1 N–H and O–H groups in total. The predicted molar refractivity (Wildman–Crippen MR) is 72.5 cm³/mol. The van der Waals surface area contributed by atoms with Gasteiger partial charge in [-0.1, -0.05) is 0 Å². The van der Waals surface area contributed by atoms with Crippen molar-refractivity contribution in [2.45, 2.75) is 38.8 Å². The Hall–Kier alpha value is -0.870. The van der Waals surface area contributed by atoms with Crippen LogP contribution in [0.2, 0.25) is 0 Å². The van der Waals surface area contributed by atoms with Gasteiger partial charge in [-0.3, -0.25) is 0 Å². The second kappa shape index (κ2) is 5.41. The minimum absolute atomic E-state index is 0.918. The summed E-state index contributed by atoms with van der Waals surface area (Å²) in [5.41, 5.74) is 2.74. The highest BCUT2D eigenvalue weighted by molar-refractivity contribution is 5.16. The Bertz CT molecular complexity index is 390. The lowest BCUT2D eigenvalue weighted by molar-refractivity contribution is 0.207. The zero-order valence-electron chi connectivity index (χ0n) is 11.4. The average molecular weight is 248 g/mol. The predicted octanol–water partition coefficient (Wildman–Crippen LogP) is 1.26. The van der Waals surface area contributed by atoms with E-state index in [1.807, 2.05) is 6.33 Å². The van der Waals surface area contributed by atoms with Gasteiger partial charge in [-0.25, -0.2) is 4.98 Å². The van der Waals surface area contributed by atoms with Crippen LogP contribution in [-0.2, 0) is 19.5 Å². The zero-order valence-corrected chi connectivity index (χ0v) is 11.4. The van der Waals surface area contributed by atoms with Crippen molar-refractivity contribution in [3.05, 3.63) is 17.7 Å². The molecule has 0 amide bonds. The maximum atomic E-state index is 4.52. The molecule has 0 atom stereocenters. The van der Waals surface area contributed by atoms with E-state index in [9.17, 15) is 0 Å². The smallest absolute Gasteiger partial charge is 0.0952 e. The summed E-state index contributed by atoms with van der Waals surface area (Å²) in [6.07, 6.45) is 7.25. The quantitative estimate of drug-likeness (QED) is 0.874. The van der Waals surface area contributed by atoms with Gasteiger partial charge in [-0.2, -0.15) is 0 Å². The number of hydrogen-bond donors (Lipinski definition) is 1. The number of nitrogens with zero attached hydrogens (tertiary/aromatic N) is 3. The first-order chi connectivity index (χ1) is 8.83. The molecule has 1 fully saturated rings. The molecule has 0 radical (unpaired) electrons. The molecule has 0 unspecified atom stereocenters. The van der Waals surface area contributed by atoms with E-state index in [0.29, 0.717) is 0 Å². The number of nitrogens with one attached hydrogen (secondary N) is 1. The first kappa shape index (κ1) is 12.2. The molecule has 0 aliphatic carbocycles. The molecule has 0 bridgehead atoms. The molecule has 1 aromatic rings. The molecule has 3 heterocycles. The van der Waals surface area contributed by atoms with E-state index >= 15 is 0 Å². The van der Waals surface area contributed by atoms with Crippen molar-refractivity contribution in [3.63, 3.8) is 0 Å². The lowest BCUT2D eigenvalue weighted by Gasteiger charge is -2.29. The molecule has 18 heavy (non-hydrogen) atoms. The Balaban J connectivity index is 1.55. The first-order valence-electron chi connectivity index (χ1n) is 7.25. The number of aryl methyl sites for hydroxylation is 1. The fraction of sp³-hybridized carbons (Fsp3) is 0.786. The Labute approximate surface area is 109 Å². The van der Waals surface area contributed by atoms with Crippen molar-refractivity contribution in [2.75, 3.05) is 26.7 Å². The highest BCUT2D eigenvalue weighted by atomic mass is 15.1. The van der Waals surface area contributed by atoms with Crippen LogP contribution in [0.1, 0.15) is 30.7 Å². The molecule has 2 aliphatic rings. The topological polar surface area (TPSA) is 33.1 Å². The van der Waals surface area contributed by atoms with Gasteiger partial charge < -0.3 is 14.8 Å². The van der Waals surface area contributed by atoms with E-state index in [2.05, 4.69) is 26.8 Å². The monoisotopic (exact) mass is 248 g/mol. The lowest BCUT2D eigenvalue weighted by Crippen LogP contribution is -2.30. The summed E-state index contributed by atoms with van der Waals surface area (Å²) in [5, 5.41) is 3.38. The van der Waals surface area contributed by atoms with Crippen molar-refractivity contribution < 1.29 is 0 Å². The van der Waals surface area contributed by atoms with Crippen LogP contribution in [0.15, 0.2) is 6.33 Å². The van der Waals surface area contributed by atoms with Gasteiger partial charge in [0.1, 0.15) is 0 Å². The third-order valence-electron chi connectivity index (χ3n) is 4.48. The molecule has 100 valence electrons. The summed E-state index contributed by atoms with van der Waals surface area (Å²) in [5.74, 6) is 0.918. The Morgan fingerprint density at radius 1 is 1.39 bits per heavy atom. The van der Waals surface area contributed by atoms with E-state index in [0.717, 1.165) is 32.0 Å². The lowest BCUT2D eigenvalue weighted by atomic mass is 9.94. The summed E-state index contributed by atoms with van der Waals surface area (Å²) in [7, 11) is 2.23. The zero-order chi connectivity index (χ0) is 12.4. The number of likely N-dealkylation sites (tertiary alicyclic amines) is 1. The molecular weight excluding hydrogens is 224 g/mol. The summed E-state index contributed by atoms with van der Waals surface area (Å²) >= 11 is 0. The molecule has 3 rings (SSSR count). The Morgan fingerprint density at radius 2 is 2.22 bits per heavy atom. The number of imidazole rings is 1. The van der Waals surface area contributed by atoms with Crippen molar-refractivity contribution in [1.82, 2.24) is 19.8 Å². The molecule has 0 spiro atoms. The molecule has 0 aromatic carbocycles. The molecule has 1 aromatic heterocycles. The van der Waals surface area contributed by atoms with E-state index in [1.54, 1.807) is 0 Å². The van der Waals surface area contributed by atoms with E-state index in [4.69, 9.17) is 0 Å². The second-order valence-corrected chi connectivity index (χ2v) is 5.79. The van der Waals surface area contributed by atoms with Crippen LogP contribution in [0.25, 0.3) is 0 Å². The maximum Gasteiger partial charge on any atom is 0.0952 e. The third-order valence-corrected chi connectivity index (χ3v) is 4.48. The van der Waals surface area contributed by atoms with Gasteiger partial charge in [-0.05, 0) is 45.3 Å². The number of piperidine rings is 1. The third kappa shape index (κ3) is 2.59. The minimum Gasteiger partial charge on any atom is -0.334 e. The highest BCUT2D eigenvalue weighted by Gasteiger charge is 2.18. The molecule has 4 nitrogen and oxygen atoms in total. The SMILES string of the molecule is CN1CCC(CCn2cnc3c2CCNC3)CC1. The summed E-state index contributed by atoms with van der Waals surface area (Å²) in [4.78, 5) is 6.97. The Kier molecular flexibility index (Phi) is 3.66. The standard InChI is InChI=1S/C14H24N4/c1-17-7-3-12(4-8-17)5-9-18-11-16-13-10-15-6-2-14(13)18/h11-12,15H,2-10H2,1H3. The highest BCUT2D eigenvalue weighted by Crippen LogP contribution is 2.21. The van der Waals surface area contributed by atoms with E-state index in [-0.39, 0.29) is 0 Å². The minimum atomic E-state index is 0.918. The van der Waals surface area contributed by atoms with Crippen molar-refractivity contribution >= 4 is 0 Å². The van der Waals surface area contributed by atoms with Crippen LogP contribution in [0, 0.1) is 5.92 Å². The van der Waals surface area contributed by atoms with Gasteiger partial charge in [-0.15, -0.1) is 0 Å². The number of rotatable bonds is 3. The van der Waals surface area contributed by atoms with Crippen LogP contribution in [0.4, 0.5) is 0 Å². The molecule has 2 aliphatic heterocycles. The summed E-state index contributed by atoms with van der Waals surface area (Å²) < 4.78 is 2.40. The fourth-order valence-corrected chi connectivity index (χ4v) is 3.16. The van der Waals surface area contributed by atoms with Crippen molar-refractivity contribution in [1.29, 1.82) is 0 Å². The van der Waals surface area contributed by atoms with Crippen LogP contribution in [0.3, 0.4) is 0 Å². The number of aromatic nitrogens is 2. The number of fused-ring (bicyclic) bond motifs is 1. The molecule has 1 saturated heterocycles. The van der Waals surface area contributed by atoms with Crippen LogP contribution in [0.5, 0.6) is 0 Å². The van der Waals surface area contributed by atoms with Crippen molar-refractivity contribution in [3.8, 4) is 0 Å². The van der Waals surface area contributed by atoms with Gasteiger partial charge >= 0.3 is 0 Å². The van der Waals surface area contributed by atoms with E-state index < -0.39 is 0 Å². The van der Waals surface area contributed by atoms with Gasteiger partial charge in [0.2, 0.25) is 0 Å². The van der Waals surface area contributed by atoms with Gasteiger partial charge in [0, 0.05) is 31.7 Å². The average Bonchev–Trinajstić information content (AvgIpc) is 2.82. The maximum absolute atomic E-state index is 4.52. The van der Waals surface area contributed by atoms with Crippen LogP contribution >= 0.6 is 0 Å². The van der Waals surface area contributed by atoms with Gasteiger partial charge in [0.05, 0.1) is 12.0 Å². The van der Waals surface area contributed by atoms with Gasteiger partial charge in [0.15, 0.2) is 0 Å². The molecule has 0 saturated carbocycles. The van der Waals surface area contributed by atoms with E-state index in [1.165, 1.54) is 43.7 Å². The normalized spacial score (nSPS) is 22.1. The number of hydrogen-bond acceptors (Lipinski definition) is 3. The molecule has 4 heteroatoms. The molecular formula is C14H24N4. The fourth-order valence-electron chi connectivity index (χ4n) is 3.16. The second-order valence-electron chi connectivity index (χ2n) is 5.79. The van der Waals surface area contributed by atoms with Gasteiger partial charge in [0.25, 0.3) is 0 Å². The van der Waals surface area contributed by atoms with Crippen molar-refractivity contribution in [2.24, 2.45) is 5.92 Å². The largest absolute Gasteiger partial charge is 0.334 e. The van der Waals surface area contributed by atoms with Crippen LogP contribution < -0.4 is 5.32 Å². The first-order valence-corrected chi connectivity index (χ1v) is 7.25. The summed E-state index contributed by atoms with van der Waals surface area (Å²) in [6, 6.07) is 0. The summed E-state index contributed by atoms with van der Waals surface area (Å²) in [6.45, 7) is 5.77. The van der Waals surface area contributed by atoms with Crippen LogP contribution in [-0.4, -0.2) is 41.1 Å².